The van der Waals surface area contributed by atoms with Crippen LogP contribution in [0.2, 0.25) is 0 Å². The molecule has 0 N–H and O–H groups in total. The van der Waals surface area contributed by atoms with E-state index in [0.29, 0.717) is 5.56 Å². The highest BCUT2D eigenvalue weighted by Crippen LogP contribution is 2.32. The zero-order valence-corrected chi connectivity index (χ0v) is 12.4. The van der Waals surface area contributed by atoms with Crippen LogP contribution >= 0.6 is 11.6 Å². The van der Waals surface area contributed by atoms with Gasteiger partial charge in [0.1, 0.15) is 5.82 Å². The van der Waals surface area contributed by atoms with Gasteiger partial charge in [-0.15, -0.1) is 11.6 Å². The molecule has 1 aliphatic rings. The fourth-order valence-corrected chi connectivity index (χ4v) is 3.20. The summed E-state index contributed by atoms with van der Waals surface area (Å²) in [5, 5.41) is -0.207. The second-order valence-electron chi connectivity index (χ2n) is 5.61. The third kappa shape index (κ3) is 2.60. The van der Waals surface area contributed by atoms with Crippen molar-refractivity contribution in [2.45, 2.75) is 38.0 Å². The van der Waals surface area contributed by atoms with Crippen molar-refractivity contribution in [3.63, 3.8) is 0 Å². The van der Waals surface area contributed by atoms with E-state index >= 15 is 0 Å². The van der Waals surface area contributed by atoms with Crippen molar-refractivity contribution in [2.75, 3.05) is 0 Å². The summed E-state index contributed by atoms with van der Waals surface area (Å²) in [6.45, 7) is 1.77. The number of fused-ring (bicyclic) bond motifs is 1. The van der Waals surface area contributed by atoms with E-state index in [0.717, 1.165) is 17.5 Å². The summed E-state index contributed by atoms with van der Waals surface area (Å²) in [5.74, 6) is -0.178. The van der Waals surface area contributed by atoms with Gasteiger partial charge in [-0.2, -0.15) is 0 Å². The minimum absolute atomic E-state index is 0.178. The van der Waals surface area contributed by atoms with Crippen LogP contribution in [0.3, 0.4) is 0 Å². The summed E-state index contributed by atoms with van der Waals surface area (Å²) >= 11 is 6.58. The molecule has 2 aromatic carbocycles. The standard InChI is InChI=1S/C18H18ClF/c1-12-10-15(8-9-17(12)20)18(19)16-7-6-13-4-2-3-5-14(13)11-16/h6-11,18H,2-5H2,1H3. The van der Waals surface area contributed by atoms with Gasteiger partial charge in [-0.05, 0) is 66.5 Å². The summed E-state index contributed by atoms with van der Waals surface area (Å²) in [7, 11) is 0. The Balaban J connectivity index is 1.93. The van der Waals surface area contributed by atoms with Gasteiger partial charge < -0.3 is 0 Å². The largest absolute Gasteiger partial charge is 0.207 e. The number of halogens is 2. The predicted octanol–water partition coefficient (Wildman–Crippen LogP) is 5.34. The maximum Gasteiger partial charge on any atom is 0.126 e. The van der Waals surface area contributed by atoms with Gasteiger partial charge in [0.25, 0.3) is 0 Å². The number of aryl methyl sites for hydroxylation is 3. The smallest absolute Gasteiger partial charge is 0.126 e. The van der Waals surface area contributed by atoms with Gasteiger partial charge in [0.15, 0.2) is 0 Å². The van der Waals surface area contributed by atoms with Crippen molar-refractivity contribution >= 4 is 11.6 Å². The zero-order valence-electron chi connectivity index (χ0n) is 11.6. The van der Waals surface area contributed by atoms with Crippen LogP contribution in [0.1, 0.15) is 46.0 Å². The molecule has 3 rings (SSSR count). The van der Waals surface area contributed by atoms with E-state index in [1.54, 1.807) is 13.0 Å². The normalized spacial score (nSPS) is 15.8. The molecular weight excluding hydrogens is 271 g/mol. The second kappa shape index (κ2) is 5.57. The highest BCUT2D eigenvalue weighted by molar-refractivity contribution is 6.22. The molecule has 104 valence electrons. The Kier molecular flexibility index (Phi) is 3.80. The molecule has 1 aliphatic carbocycles. The SMILES string of the molecule is Cc1cc(C(Cl)c2ccc3c(c2)CCCC3)ccc1F. The molecule has 0 saturated carbocycles. The number of benzene rings is 2. The highest BCUT2D eigenvalue weighted by Gasteiger charge is 2.15. The van der Waals surface area contributed by atoms with Gasteiger partial charge in [0.05, 0.1) is 5.38 Å². The van der Waals surface area contributed by atoms with Crippen molar-refractivity contribution in [2.24, 2.45) is 0 Å². The topological polar surface area (TPSA) is 0 Å². The van der Waals surface area contributed by atoms with Crippen LogP contribution in [0.15, 0.2) is 36.4 Å². The highest BCUT2D eigenvalue weighted by atomic mass is 35.5. The Morgan fingerprint density at radius 2 is 1.60 bits per heavy atom. The van der Waals surface area contributed by atoms with Gasteiger partial charge in [-0.25, -0.2) is 4.39 Å². The fourth-order valence-electron chi connectivity index (χ4n) is 2.93. The molecule has 0 aliphatic heterocycles. The molecule has 2 aromatic rings. The van der Waals surface area contributed by atoms with Gasteiger partial charge in [-0.3, -0.25) is 0 Å². The van der Waals surface area contributed by atoms with Crippen molar-refractivity contribution in [3.8, 4) is 0 Å². The van der Waals surface area contributed by atoms with Crippen LogP contribution in [0.5, 0.6) is 0 Å². The van der Waals surface area contributed by atoms with Crippen molar-refractivity contribution in [3.05, 3.63) is 70.0 Å². The zero-order chi connectivity index (χ0) is 14.1. The lowest BCUT2D eigenvalue weighted by Crippen LogP contribution is -2.04. The van der Waals surface area contributed by atoms with E-state index in [1.807, 2.05) is 6.07 Å². The molecule has 1 atom stereocenters. The number of rotatable bonds is 2. The van der Waals surface area contributed by atoms with Crippen LogP contribution in [0, 0.1) is 12.7 Å². The van der Waals surface area contributed by atoms with Crippen LogP contribution in [-0.2, 0) is 12.8 Å². The van der Waals surface area contributed by atoms with E-state index < -0.39 is 0 Å². The summed E-state index contributed by atoms with van der Waals surface area (Å²) in [5.41, 5.74) is 5.60. The molecule has 0 radical (unpaired) electrons. The summed E-state index contributed by atoms with van der Waals surface area (Å²) in [4.78, 5) is 0. The number of hydrogen-bond acceptors (Lipinski definition) is 0. The van der Waals surface area contributed by atoms with Gasteiger partial charge in [-0.1, -0.05) is 30.3 Å². The summed E-state index contributed by atoms with van der Waals surface area (Å²) in [6, 6.07) is 11.7. The Morgan fingerprint density at radius 1 is 0.950 bits per heavy atom. The Morgan fingerprint density at radius 3 is 2.35 bits per heavy atom. The second-order valence-corrected chi connectivity index (χ2v) is 6.04. The van der Waals surface area contributed by atoms with Crippen LogP contribution < -0.4 is 0 Å². The van der Waals surface area contributed by atoms with E-state index in [-0.39, 0.29) is 11.2 Å². The minimum atomic E-state index is -0.207. The maximum atomic E-state index is 13.3. The lowest BCUT2D eigenvalue weighted by Gasteiger charge is -2.19. The molecule has 0 amide bonds. The third-order valence-electron chi connectivity index (χ3n) is 4.14. The van der Waals surface area contributed by atoms with Crippen LogP contribution in [0.4, 0.5) is 4.39 Å². The molecule has 0 nitrogen and oxygen atoms in total. The van der Waals surface area contributed by atoms with Crippen LogP contribution in [-0.4, -0.2) is 0 Å². The van der Waals surface area contributed by atoms with E-state index in [9.17, 15) is 4.39 Å². The molecule has 0 bridgehead atoms. The predicted molar refractivity (Wildman–Crippen MR) is 81.9 cm³/mol. The Hall–Kier alpha value is -1.34. The van der Waals surface area contributed by atoms with Crippen molar-refractivity contribution in [1.82, 2.24) is 0 Å². The van der Waals surface area contributed by atoms with Gasteiger partial charge in [0.2, 0.25) is 0 Å². The van der Waals surface area contributed by atoms with Crippen LogP contribution in [0.25, 0.3) is 0 Å². The number of hydrogen-bond donors (Lipinski definition) is 0. The molecule has 20 heavy (non-hydrogen) atoms. The van der Waals surface area contributed by atoms with Crippen molar-refractivity contribution in [1.29, 1.82) is 0 Å². The van der Waals surface area contributed by atoms with E-state index in [2.05, 4.69) is 18.2 Å². The van der Waals surface area contributed by atoms with Crippen molar-refractivity contribution < 1.29 is 4.39 Å². The summed E-state index contributed by atoms with van der Waals surface area (Å²) in [6.07, 6.45) is 4.88. The average molecular weight is 289 g/mol. The third-order valence-corrected chi connectivity index (χ3v) is 4.64. The first-order valence-corrected chi connectivity index (χ1v) is 7.60. The molecule has 0 saturated heterocycles. The Bertz CT molecular complexity index is 633. The van der Waals surface area contributed by atoms with Gasteiger partial charge >= 0.3 is 0 Å². The van der Waals surface area contributed by atoms with E-state index in [4.69, 9.17) is 11.6 Å². The Labute approximate surface area is 124 Å². The first kappa shape index (κ1) is 13.6. The summed E-state index contributed by atoms with van der Waals surface area (Å²) < 4.78 is 13.3. The van der Waals surface area contributed by atoms with Gasteiger partial charge in [0, 0.05) is 0 Å². The first-order valence-electron chi connectivity index (χ1n) is 7.17. The lowest BCUT2D eigenvalue weighted by molar-refractivity contribution is 0.617. The molecule has 0 fully saturated rings. The quantitative estimate of drug-likeness (QED) is 0.654. The monoisotopic (exact) mass is 288 g/mol. The molecule has 1 unspecified atom stereocenters. The molecule has 2 heteroatoms. The molecule has 0 heterocycles. The maximum absolute atomic E-state index is 13.3. The fraction of sp³-hybridized carbons (Fsp3) is 0.333. The average Bonchev–Trinajstić information content (AvgIpc) is 2.49. The minimum Gasteiger partial charge on any atom is -0.207 e. The number of alkyl halides is 1. The first-order chi connectivity index (χ1) is 9.65. The molecule has 0 spiro atoms. The lowest BCUT2D eigenvalue weighted by atomic mass is 9.89. The molecule has 0 aromatic heterocycles. The molecular formula is C18H18ClF. The van der Waals surface area contributed by atoms with E-state index in [1.165, 1.54) is 36.5 Å².